The molecule has 0 fully saturated rings. The van der Waals surface area contributed by atoms with Gasteiger partial charge in [0.25, 0.3) is 0 Å². The number of hydrogen-bond acceptors (Lipinski definition) is 2. The lowest BCUT2D eigenvalue weighted by molar-refractivity contribution is 0.207. The standard InChI is InChI=1S/C14H22ClNO/c1-10-8-13(9-11(2)14(10)15)17-12(3)6-5-7-16-4/h8-9,12,16H,5-7H2,1-4H3. The van der Waals surface area contributed by atoms with E-state index in [-0.39, 0.29) is 6.10 Å². The molecule has 0 radical (unpaired) electrons. The van der Waals surface area contributed by atoms with Crippen molar-refractivity contribution < 1.29 is 4.74 Å². The first-order chi connectivity index (χ1) is 8.04. The Hall–Kier alpha value is -0.730. The van der Waals surface area contributed by atoms with Crippen LogP contribution in [0.1, 0.15) is 30.9 Å². The molecule has 1 aromatic rings. The molecule has 2 nitrogen and oxygen atoms in total. The molecule has 0 aliphatic carbocycles. The van der Waals surface area contributed by atoms with Gasteiger partial charge in [0, 0.05) is 5.02 Å². The zero-order valence-corrected chi connectivity index (χ0v) is 11.9. The minimum absolute atomic E-state index is 0.239. The molecular weight excluding hydrogens is 234 g/mol. The van der Waals surface area contributed by atoms with Crippen LogP contribution < -0.4 is 10.1 Å². The Morgan fingerprint density at radius 3 is 2.41 bits per heavy atom. The van der Waals surface area contributed by atoms with Crippen molar-refractivity contribution in [2.45, 2.75) is 39.7 Å². The Morgan fingerprint density at radius 1 is 1.29 bits per heavy atom. The summed E-state index contributed by atoms with van der Waals surface area (Å²) in [5, 5.41) is 3.97. The molecule has 1 unspecified atom stereocenters. The quantitative estimate of drug-likeness (QED) is 0.783. The van der Waals surface area contributed by atoms with E-state index in [0.29, 0.717) is 0 Å². The van der Waals surface area contributed by atoms with Crippen molar-refractivity contribution in [1.29, 1.82) is 0 Å². The summed E-state index contributed by atoms with van der Waals surface area (Å²) in [7, 11) is 1.97. The van der Waals surface area contributed by atoms with Gasteiger partial charge < -0.3 is 10.1 Å². The normalized spacial score (nSPS) is 12.5. The van der Waals surface area contributed by atoms with Gasteiger partial charge in [-0.3, -0.25) is 0 Å². The number of ether oxygens (including phenoxy) is 1. The van der Waals surface area contributed by atoms with E-state index in [2.05, 4.69) is 12.2 Å². The minimum Gasteiger partial charge on any atom is -0.491 e. The van der Waals surface area contributed by atoms with Gasteiger partial charge in [-0.15, -0.1) is 0 Å². The number of halogens is 1. The third-order valence-electron chi connectivity index (χ3n) is 2.78. The summed E-state index contributed by atoms with van der Waals surface area (Å²) >= 11 is 6.12. The summed E-state index contributed by atoms with van der Waals surface area (Å²) in [6.45, 7) is 7.16. The first kappa shape index (κ1) is 14.3. The highest BCUT2D eigenvalue weighted by Crippen LogP contribution is 2.26. The third kappa shape index (κ3) is 4.57. The van der Waals surface area contributed by atoms with Gasteiger partial charge in [-0.05, 0) is 70.5 Å². The van der Waals surface area contributed by atoms with E-state index in [0.717, 1.165) is 41.3 Å². The molecule has 0 bridgehead atoms. The van der Waals surface area contributed by atoms with Crippen molar-refractivity contribution in [3.8, 4) is 5.75 Å². The monoisotopic (exact) mass is 255 g/mol. The lowest BCUT2D eigenvalue weighted by Gasteiger charge is -2.16. The molecule has 0 saturated carbocycles. The summed E-state index contributed by atoms with van der Waals surface area (Å²) in [6.07, 6.45) is 2.42. The van der Waals surface area contributed by atoms with E-state index in [1.165, 1.54) is 0 Å². The van der Waals surface area contributed by atoms with E-state index < -0.39 is 0 Å². The molecule has 96 valence electrons. The molecule has 0 aromatic heterocycles. The highest BCUT2D eigenvalue weighted by Gasteiger charge is 2.07. The molecular formula is C14H22ClNO. The molecule has 0 amide bonds. The highest BCUT2D eigenvalue weighted by atomic mass is 35.5. The lowest BCUT2D eigenvalue weighted by Crippen LogP contribution is -2.15. The van der Waals surface area contributed by atoms with E-state index in [1.54, 1.807) is 0 Å². The fraction of sp³-hybridized carbons (Fsp3) is 0.571. The molecule has 3 heteroatoms. The van der Waals surface area contributed by atoms with Crippen LogP contribution in [0.25, 0.3) is 0 Å². The molecule has 1 atom stereocenters. The van der Waals surface area contributed by atoms with Crippen LogP contribution >= 0.6 is 11.6 Å². The van der Waals surface area contributed by atoms with Crippen molar-refractivity contribution in [3.05, 3.63) is 28.3 Å². The molecule has 0 aliphatic heterocycles. The number of hydrogen-bond donors (Lipinski definition) is 1. The smallest absolute Gasteiger partial charge is 0.120 e. The molecule has 0 spiro atoms. The summed E-state index contributed by atoms with van der Waals surface area (Å²) in [5.74, 6) is 0.918. The molecule has 0 saturated heterocycles. The van der Waals surface area contributed by atoms with Crippen molar-refractivity contribution in [2.24, 2.45) is 0 Å². The number of aryl methyl sites for hydroxylation is 2. The lowest BCUT2D eigenvalue weighted by atomic mass is 10.1. The first-order valence-corrected chi connectivity index (χ1v) is 6.50. The van der Waals surface area contributed by atoms with Crippen LogP contribution in [-0.4, -0.2) is 19.7 Å². The van der Waals surface area contributed by atoms with Crippen LogP contribution in [0, 0.1) is 13.8 Å². The maximum Gasteiger partial charge on any atom is 0.120 e. The first-order valence-electron chi connectivity index (χ1n) is 6.12. The Bertz CT molecular complexity index is 342. The minimum atomic E-state index is 0.239. The zero-order chi connectivity index (χ0) is 12.8. The largest absolute Gasteiger partial charge is 0.491 e. The van der Waals surface area contributed by atoms with Gasteiger partial charge >= 0.3 is 0 Å². The molecule has 1 rings (SSSR count). The van der Waals surface area contributed by atoms with Gasteiger partial charge in [-0.25, -0.2) is 0 Å². The van der Waals surface area contributed by atoms with E-state index >= 15 is 0 Å². The molecule has 0 heterocycles. The van der Waals surface area contributed by atoms with Gasteiger partial charge in [0.15, 0.2) is 0 Å². The Kier molecular flexibility index (Phi) is 5.79. The van der Waals surface area contributed by atoms with Gasteiger partial charge in [0.1, 0.15) is 5.75 Å². The number of benzene rings is 1. The second-order valence-corrected chi connectivity index (χ2v) is 4.92. The van der Waals surface area contributed by atoms with Crippen LogP contribution in [0.5, 0.6) is 5.75 Å². The van der Waals surface area contributed by atoms with Crippen LogP contribution in [0.2, 0.25) is 5.02 Å². The van der Waals surface area contributed by atoms with Crippen molar-refractivity contribution >= 4 is 11.6 Å². The maximum atomic E-state index is 6.12. The van der Waals surface area contributed by atoms with Gasteiger partial charge in [0.2, 0.25) is 0 Å². The van der Waals surface area contributed by atoms with Crippen molar-refractivity contribution in [1.82, 2.24) is 5.32 Å². The average molecular weight is 256 g/mol. The van der Waals surface area contributed by atoms with Gasteiger partial charge in [-0.2, -0.15) is 0 Å². The topological polar surface area (TPSA) is 21.3 Å². The summed E-state index contributed by atoms with van der Waals surface area (Å²) in [5.41, 5.74) is 2.15. The molecule has 1 aromatic carbocycles. The molecule has 17 heavy (non-hydrogen) atoms. The Labute approximate surface area is 109 Å². The van der Waals surface area contributed by atoms with Crippen LogP contribution in [-0.2, 0) is 0 Å². The number of nitrogens with one attached hydrogen (secondary N) is 1. The summed E-state index contributed by atoms with van der Waals surface area (Å²) in [6, 6.07) is 4.01. The maximum absolute atomic E-state index is 6.12. The van der Waals surface area contributed by atoms with E-state index in [9.17, 15) is 0 Å². The SMILES string of the molecule is CNCCCC(C)Oc1cc(C)c(Cl)c(C)c1. The fourth-order valence-corrected chi connectivity index (χ4v) is 1.94. The summed E-state index contributed by atoms with van der Waals surface area (Å²) in [4.78, 5) is 0. The third-order valence-corrected chi connectivity index (χ3v) is 3.38. The number of rotatable bonds is 6. The van der Waals surface area contributed by atoms with Crippen LogP contribution in [0.3, 0.4) is 0 Å². The molecule has 0 aliphatic rings. The van der Waals surface area contributed by atoms with Crippen molar-refractivity contribution in [2.75, 3.05) is 13.6 Å². The van der Waals surface area contributed by atoms with Crippen molar-refractivity contribution in [3.63, 3.8) is 0 Å². The second kappa shape index (κ2) is 6.87. The zero-order valence-electron chi connectivity index (χ0n) is 11.1. The Morgan fingerprint density at radius 2 is 1.88 bits per heavy atom. The van der Waals surface area contributed by atoms with Gasteiger partial charge in [0.05, 0.1) is 6.10 Å². The van der Waals surface area contributed by atoms with E-state index in [1.807, 2.05) is 33.0 Å². The highest BCUT2D eigenvalue weighted by molar-refractivity contribution is 6.32. The van der Waals surface area contributed by atoms with E-state index in [4.69, 9.17) is 16.3 Å². The van der Waals surface area contributed by atoms with Crippen LogP contribution in [0.15, 0.2) is 12.1 Å². The summed E-state index contributed by atoms with van der Waals surface area (Å²) < 4.78 is 5.89. The van der Waals surface area contributed by atoms with Gasteiger partial charge in [-0.1, -0.05) is 11.6 Å². The Balaban J connectivity index is 2.56. The predicted octanol–water partition coefficient (Wildman–Crippen LogP) is 3.72. The van der Waals surface area contributed by atoms with Crippen LogP contribution in [0.4, 0.5) is 0 Å². The second-order valence-electron chi connectivity index (χ2n) is 4.55. The fourth-order valence-electron chi connectivity index (χ4n) is 1.83. The average Bonchev–Trinajstić information content (AvgIpc) is 2.26. The predicted molar refractivity (Wildman–Crippen MR) is 74.2 cm³/mol. The molecule has 1 N–H and O–H groups in total.